The zero-order valence-electron chi connectivity index (χ0n) is 16.4. The smallest absolute Gasteiger partial charge is 0.266 e. The molecule has 0 aromatic heterocycles. The van der Waals surface area contributed by atoms with Crippen molar-refractivity contribution in [3.63, 3.8) is 0 Å². The highest BCUT2D eigenvalue weighted by molar-refractivity contribution is 6.31. The third-order valence-electron chi connectivity index (χ3n) is 4.71. The molecule has 0 spiro atoms. The second-order valence-corrected chi connectivity index (χ2v) is 7.05. The van der Waals surface area contributed by atoms with E-state index in [4.69, 9.17) is 21.1 Å². The number of morpholine rings is 1. The van der Waals surface area contributed by atoms with E-state index in [2.05, 4.69) is 10.2 Å². The van der Waals surface area contributed by atoms with Crippen LogP contribution in [0.4, 0.5) is 11.4 Å². The molecule has 29 heavy (non-hydrogen) atoms. The Labute approximate surface area is 175 Å². The van der Waals surface area contributed by atoms with Crippen molar-refractivity contribution in [2.75, 3.05) is 43.6 Å². The fourth-order valence-electron chi connectivity index (χ4n) is 3.06. The molecule has 0 atom stereocenters. The Hall–Kier alpha value is -3.01. The van der Waals surface area contributed by atoms with Crippen LogP contribution in [0.25, 0.3) is 6.08 Å². The van der Waals surface area contributed by atoms with Crippen molar-refractivity contribution in [3.8, 4) is 11.8 Å². The molecule has 0 aliphatic carbocycles. The van der Waals surface area contributed by atoms with E-state index in [0.29, 0.717) is 35.2 Å². The van der Waals surface area contributed by atoms with E-state index in [9.17, 15) is 10.1 Å². The summed E-state index contributed by atoms with van der Waals surface area (Å²) in [5.74, 6) is 0.0886. The van der Waals surface area contributed by atoms with Gasteiger partial charge in [-0.15, -0.1) is 0 Å². The summed E-state index contributed by atoms with van der Waals surface area (Å²) in [7, 11) is 1.57. The van der Waals surface area contributed by atoms with Crippen molar-refractivity contribution >= 4 is 35.0 Å². The molecule has 1 fully saturated rings. The standard InChI is InChI=1S/C22H22ClN3O3/c1-15-3-5-18(23)12-20(15)25-22(27)17(14-24)11-16-4-6-19(13-21(16)28-2)26-7-9-29-10-8-26/h3-6,11-13H,7-10H2,1-2H3,(H,25,27)/b17-11-. The monoisotopic (exact) mass is 411 g/mol. The van der Waals surface area contributed by atoms with Gasteiger partial charge in [0.15, 0.2) is 0 Å². The van der Waals surface area contributed by atoms with E-state index in [0.717, 1.165) is 24.3 Å². The highest BCUT2D eigenvalue weighted by atomic mass is 35.5. The van der Waals surface area contributed by atoms with Crippen molar-refractivity contribution in [2.24, 2.45) is 0 Å². The predicted molar refractivity (Wildman–Crippen MR) is 114 cm³/mol. The molecule has 1 aliphatic rings. The van der Waals surface area contributed by atoms with Gasteiger partial charge in [-0.3, -0.25) is 4.79 Å². The minimum atomic E-state index is -0.503. The number of ether oxygens (including phenoxy) is 2. The van der Waals surface area contributed by atoms with E-state index in [-0.39, 0.29) is 5.57 Å². The number of carbonyl (C=O) groups excluding carboxylic acids is 1. The highest BCUT2D eigenvalue weighted by Crippen LogP contribution is 2.28. The Morgan fingerprint density at radius 1 is 1.28 bits per heavy atom. The maximum atomic E-state index is 12.6. The van der Waals surface area contributed by atoms with Crippen LogP contribution in [0.5, 0.6) is 5.75 Å². The number of amides is 1. The molecule has 7 heteroatoms. The Morgan fingerprint density at radius 2 is 2.03 bits per heavy atom. The largest absolute Gasteiger partial charge is 0.496 e. The van der Waals surface area contributed by atoms with Gasteiger partial charge in [0.25, 0.3) is 5.91 Å². The fourth-order valence-corrected chi connectivity index (χ4v) is 3.23. The first-order chi connectivity index (χ1) is 14.0. The average molecular weight is 412 g/mol. The van der Waals surface area contributed by atoms with Crippen LogP contribution in [0, 0.1) is 18.3 Å². The topological polar surface area (TPSA) is 74.6 Å². The normalized spacial score (nSPS) is 14.3. The van der Waals surface area contributed by atoms with Crippen LogP contribution in [0.3, 0.4) is 0 Å². The summed E-state index contributed by atoms with van der Waals surface area (Å²) in [5, 5.41) is 12.8. The third-order valence-corrected chi connectivity index (χ3v) is 4.94. The van der Waals surface area contributed by atoms with Gasteiger partial charge in [0, 0.05) is 41.1 Å². The summed E-state index contributed by atoms with van der Waals surface area (Å²) in [6.45, 7) is 4.85. The summed E-state index contributed by atoms with van der Waals surface area (Å²) >= 11 is 6.00. The molecular weight excluding hydrogens is 390 g/mol. The minimum absolute atomic E-state index is 0.0261. The molecule has 150 valence electrons. The van der Waals surface area contributed by atoms with E-state index in [1.54, 1.807) is 25.3 Å². The number of carbonyl (C=O) groups is 1. The van der Waals surface area contributed by atoms with E-state index in [1.807, 2.05) is 31.2 Å². The maximum Gasteiger partial charge on any atom is 0.266 e. The summed E-state index contributed by atoms with van der Waals surface area (Å²) in [5.41, 5.74) is 3.06. The molecule has 0 bridgehead atoms. The van der Waals surface area contributed by atoms with Crippen LogP contribution in [0.15, 0.2) is 42.0 Å². The molecule has 0 radical (unpaired) electrons. The van der Waals surface area contributed by atoms with Crippen LogP contribution in [0.1, 0.15) is 11.1 Å². The van der Waals surface area contributed by atoms with Gasteiger partial charge < -0.3 is 19.7 Å². The zero-order valence-corrected chi connectivity index (χ0v) is 17.1. The predicted octanol–water partition coefficient (Wildman–Crippen LogP) is 4.04. The van der Waals surface area contributed by atoms with Gasteiger partial charge in [-0.05, 0) is 42.8 Å². The van der Waals surface area contributed by atoms with Gasteiger partial charge in [-0.2, -0.15) is 5.26 Å². The van der Waals surface area contributed by atoms with E-state index in [1.165, 1.54) is 6.08 Å². The minimum Gasteiger partial charge on any atom is -0.496 e. The zero-order chi connectivity index (χ0) is 20.8. The highest BCUT2D eigenvalue weighted by Gasteiger charge is 2.15. The number of halogens is 1. The lowest BCUT2D eigenvalue weighted by molar-refractivity contribution is -0.112. The molecule has 0 saturated carbocycles. The molecular formula is C22H22ClN3O3. The summed E-state index contributed by atoms with van der Waals surface area (Å²) in [6.07, 6.45) is 1.52. The first-order valence-electron chi connectivity index (χ1n) is 9.22. The molecule has 1 N–H and O–H groups in total. The molecule has 2 aromatic rings. The van der Waals surface area contributed by atoms with E-state index < -0.39 is 5.91 Å². The summed E-state index contributed by atoms with van der Waals surface area (Å²) in [6, 6.07) is 12.9. The van der Waals surface area contributed by atoms with Gasteiger partial charge in [0.05, 0.1) is 20.3 Å². The Morgan fingerprint density at radius 3 is 2.72 bits per heavy atom. The van der Waals surface area contributed by atoms with E-state index >= 15 is 0 Å². The first kappa shape index (κ1) is 20.7. The van der Waals surface area contributed by atoms with Crippen molar-refractivity contribution in [1.82, 2.24) is 0 Å². The molecule has 1 aliphatic heterocycles. The van der Waals surface area contributed by atoms with Gasteiger partial charge >= 0.3 is 0 Å². The number of nitrogens with zero attached hydrogens (tertiary/aromatic N) is 2. The van der Waals surface area contributed by atoms with Crippen molar-refractivity contribution in [3.05, 3.63) is 58.1 Å². The van der Waals surface area contributed by atoms with Crippen LogP contribution in [-0.2, 0) is 9.53 Å². The Kier molecular flexibility index (Phi) is 6.76. The Bertz CT molecular complexity index is 976. The van der Waals surface area contributed by atoms with Gasteiger partial charge in [0.2, 0.25) is 0 Å². The number of methoxy groups -OCH3 is 1. The molecule has 1 amide bonds. The molecule has 6 nitrogen and oxygen atoms in total. The first-order valence-corrected chi connectivity index (χ1v) is 9.59. The second-order valence-electron chi connectivity index (χ2n) is 6.61. The van der Waals surface area contributed by atoms with Crippen molar-refractivity contribution < 1.29 is 14.3 Å². The molecule has 3 rings (SSSR count). The van der Waals surface area contributed by atoms with Crippen LogP contribution in [-0.4, -0.2) is 39.3 Å². The molecule has 1 heterocycles. The number of nitriles is 1. The Balaban J connectivity index is 1.85. The van der Waals surface area contributed by atoms with Crippen LogP contribution >= 0.6 is 11.6 Å². The molecule has 1 saturated heterocycles. The number of aryl methyl sites for hydroxylation is 1. The number of anilines is 2. The quantitative estimate of drug-likeness (QED) is 0.593. The third kappa shape index (κ3) is 5.08. The molecule has 0 unspecified atom stereocenters. The number of hydrogen-bond acceptors (Lipinski definition) is 5. The summed E-state index contributed by atoms with van der Waals surface area (Å²) in [4.78, 5) is 14.8. The van der Waals surface area contributed by atoms with Crippen molar-refractivity contribution in [1.29, 1.82) is 5.26 Å². The SMILES string of the molecule is COc1cc(N2CCOCC2)ccc1/C=C(/C#N)C(=O)Nc1cc(Cl)ccc1C. The lowest BCUT2D eigenvalue weighted by Crippen LogP contribution is -2.36. The second kappa shape index (κ2) is 9.46. The number of benzene rings is 2. The lowest BCUT2D eigenvalue weighted by atomic mass is 10.1. The fraction of sp³-hybridized carbons (Fsp3) is 0.273. The van der Waals surface area contributed by atoms with Crippen LogP contribution in [0.2, 0.25) is 5.02 Å². The number of rotatable bonds is 5. The average Bonchev–Trinajstić information content (AvgIpc) is 2.75. The number of hydrogen-bond donors (Lipinski definition) is 1. The summed E-state index contributed by atoms with van der Waals surface area (Å²) < 4.78 is 10.9. The molecule has 2 aromatic carbocycles. The lowest BCUT2D eigenvalue weighted by Gasteiger charge is -2.29. The van der Waals surface area contributed by atoms with Gasteiger partial charge in [0.1, 0.15) is 17.4 Å². The van der Waals surface area contributed by atoms with Gasteiger partial charge in [-0.25, -0.2) is 0 Å². The number of nitrogens with one attached hydrogen (secondary N) is 1. The van der Waals surface area contributed by atoms with Gasteiger partial charge in [-0.1, -0.05) is 17.7 Å². The maximum absolute atomic E-state index is 12.6. The van der Waals surface area contributed by atoms with Crippen molar-refractivity contribution in [2.45, 2.75) is 6.92 Å². The van der Waals surface area contributed by atoms with Crippen LogP contribution < -0.4 is 15.0 Å².